The predicted molar refractivity (Wildman–Crippen MR) is 83.9 cm³/mol. The first kappa shape index (κ1) is 15.5. The normalized spacial score (nSPS) is 12.0. The van der Waals surface area contributed by atoms with E-state index in [0.717, 1.165) is 10.4 Å². The number of hydrogen-bond acceptors (Lipinski definition) is 2. The second-order valence-corrected chi connectivity index (χ2v) is 6.02. The number of rotatable bonds is 4. The lowest BCUT2D eigenvalue weighted by molar-refractivity contribution is 0.194. The summed E-state index contributed by atoms with van der Waals surface area (Å²) in [7, 11) is 1.76. The molecule has 21 heavy (non-hydrogen) atoms. The summed E-state index contributed by atoms with van der Waals surface area (Å²) in [5, 5.41) is 4.81. The van der Waals surface area contributed by atoms with Gasteiger partial charge in [-0.15, -0.1) is 11.3 Å². The molecule has 0 aliphatic rings. The summed E-state index contributed by atoms with van der Waals surface area (Å²) in [5.41, 5.74) is 1.36. The van der Waals surface area contributed by atoms with E-state index in [2.05, 4.69) is 5.32 Å². The zero-order valence-corrected chi connectivity index (χ0v) is 13.2. The van der Waals surface area contributed by atoms with Gasteiger partial charge in [0.05, 0.1) is 6.04 Å². The second-order valence-electron chi connectivity index (χ2n) is 5.04. The van der Waals surface area contributed by atoms with Crippen molar-refractivity contribution in [1.29, 1.82) is 0 Å². The number of carbonyl (C=O) groups is 1. The zero-order valence-electron chi connectivity index (χ0n) is 12.4. The van der Waals surface area contributed by atoms with Crippen LogP contribution in [0.4, 0.5) is 9.18 Å². The van der Waals surface area contributed by atoms with Crippen molar-refractivity contribution in [3.05, 3.63) is 57.5 Å². The van der Waals surface area contributed by atoms with Crippen LogP contribution in [0.1, 0.15) is 29.0 Å². The van der Waals surface area contributed by atoms with Crippen molar-refractivity contribution in [3.8, 4) is 0 Å². The van der Waals surface area contributed by atoms with Gasteiger partial charge in [0.25, 0.3) is 0 Å². The number of halogens is 1. The molecule has 0 saturated heterocycles. The number of nitrogens with zero attached hydrogens (tertiary/aromatic N) is 1. The van der Waals surface area contributed by atoms with E-state index in [1.807, 2.05) is 30.5 Å². The minimum Gasteiger partial charge on any atom is -0.334 e. The Bertz CT molecular complexity index is 613. The first-order valence-electron chi connectivity index (χ1n) is 6.78. The zero-order chi connectivity index (χ0) is 15.4. The van der Waals surface area contributed by atoms with Crippen LogP contribution in [0.15, 0.2) is 35.7 Å². The van der Waals surface area contributed by atoms with Crippen LogP contribution in [0.2, 0.25) is 0 Å². The topological polar surface area (TPSA) is 32.3 Å². The summed E-state index contributed by atoms with van der Waals surface area (Å²) in [4.78, 5) is 14.9. The molecule has 0 radical (unpaired) electrons. The maximum Gasteiger partial charge on any atom is 0.317 e. The smallest absolute Gasteiger partial charge is 0.317 e. The first-order valence-corrected chi connectivity index (χ1v) is 7.66. The molecule has 5 heteroatoms. The lowest BCUT2D eigenvalue weighted by Crippen LogP contribution is -2.38. The van der Waals surface area contributed by atoms with Crippen molar-refractivity contribution in [3.63, 3.8) is 0 Å². The van der Waals surface area contributed by atoms with E-state index in [-0.39, 0.29) is 17.9 Å². The number of hydrogen-bond donors (Lipinski definition) is 1. The Kier molecular flexibility index (Phi) is 4.96. The maximum absolute atomic E-state index is 13.5. The quantitative estimate of drug-likeness (QED) is 0.906. The van der Waals surface area contributed by atoms with E-state index >= 15 is 0 Å². The van der Waals surface area contributed by atoms with Gasteiger partial charge in [-0.1, -0.05) is 18.2 Å². The van der Waals surface area contributed by atoms with Gasteiger partial charge in [-0.2, -0.15) is 0 Å². The van der Waals surface area contributed by atoms with Crippen LogP contribution in [-0.4, -0.2) is 18.0 Å². The van der Waals surface area contributed by atoms with Crippen molar-refractivity contribution in [2.45, 2.75) is 26.4 Å². The van der Waals surface area contributed by atoms with Crippen LogP contribution in [-0.2, 0) is 6.54 Å². The molecule has 0 aliphatic heterocycles. The highest BCUT2D eigenvalue weighted by atomic mass is 32.1. The van der Waals surface area contributed by atoms with Crippen LogP contribution < -0.4 is 5.32 Å². The van der Waals surface area contributed by atoms with Gasteiger partial charge >= 0.3 is 6.03 Å². The average Bonchev–Trinajstić information content (AvgIpc) is 3.00. The number of aryl methyl sites for hydroxylation is 1. The Hall–Kier alpha value is -1.88. The van der Waals surface area contributed by atoms with Gasteiger partial charge in [-0.05, 0) is 42.5 Å². The molecular formula is C16H19FN2OS. The van der Waals surface area contributed by atoms with Crippen LogP contribution in [0.25, 0.3) is 0 Å². The molecule has 0 spiro atoms. The molecule has 3 nitrogen and oxygen atoms in total. The van der Waals surface area contributed by atoms with E-state index in [1.54, 1.807) is 36.3 Å². The molecule has 1 N–H and O–H groups in total. The highest BCUT2D eigenvalue weighted by Crippen LogP contribution is 2.23. The summed E-state index contributed by atoms with van der Waals surface area (Å²) < 4.78 is 13.5. The van der Waals surface area contributed by atoms with Gasteiger partial charge in [0.2, 0.25) is 0 Å². The molecule has 1 heterocycles. The third-order valence-corrected chi connectivity index (χ3v) is 4.58. The summed E-state index contributed by atoms with van der Waals surface area (Å²) in [6, 6.07) is 8.82. The molecule has 2 amide bonds. The van der Waals surface area contributed by atoms with Gasteiger partial charge in [0.15, 0.2) is 0 Å². The van der Waals surface area contributed by atoms with Gasteiger partial charge < -0.3 is 10.2 Å². The predicted octanol–water partition coefficient (Wildman–Crippen LogP) is 4.10. The largest absolute Gasteiger partial charge is 0.334 e. The molecule has 0 aliphatic carbocycles. The first-order chi connectivity index (χ1) is 9.99. The maximum atomic E-state index is 13.5. The van der Waals surface area contributed by atoms with Gasteiger partial charge in [-0.3, -0.25) is 0 Å². The van der Waals surface area contributed by atoms with Gasteiger partial charge in [0.1, 0.15) is 5.82 Å². The lowest BCUT2D eigenvalue weighted by Gasteiger charge is -2.24. The van der Waals surface area contributed by atoms with E-state index in [9.17, 15) is 9.18 Å². The number of carbonyl (C=O) groups excluding carboxylic acids is 1. The lowest BCUT2D eigenvalue weighted by atomic mass is 10.1. The minimum absolute atomic E-state index is 0.0137. The fraction of sp³-hybridized carbons (Fsp3) is 0.312. The fourth-order valence-electron chi connectivity index (χ4n) is 1.94. The Labute approximate surface area is 128 Å². The number of thiophene rings is 1. The molecule has 0 bridgehead atoms. The molecular weight excluding hydrogens is 287 g/mol. The third kappa shape index (κ3) is 3.82. The number of nitrogens with one attached hydrogen (secondary N) is 1. The second kappa shape index (κ2) is 6.72. The average molecular weight is 306 g/mol. The summed E-state index contributed by atoms with van der Waals surface area (Å²) in [6.45, 7) is 4.02. The summed E-state index contributed by atoms with van der Waals surface area (Å²) in [5.74, 6) is -0.248. The standard InChI is InChI=1S/C16H19FN2OS/c1-11-6-7-13(9-14(11)17)10-18-16(20)19(3)12(2)15-5-4-8-21-15/h4-9,12H,10H2,1-3H3,(H,18,20)/t12-/m1/s1. The van der Waals surface area contributed by atoms with Crippen LogP contribution >= 0.6 is 11.3 Å². The molecule has 2 aromatic rings. The molecule has 0 unspecified atom stereocenters. The van der Waals surface area contributed by atoms with Crippen LogP contribution in [0, 0.1) is 12.7 Å². The van der Waals surface area contributed by atoms with Crippen molar-refractivity contribution in [1.82, 2.24) is 10.2 Å². The summed E-state index contributed by atoms with van der Waals surface area (Å²) in [6.07, 6.45) is 0. The number of amides is 2. The molecule has 0 fully saturated rings. The Morgan fingerprint density at radius 1 is 1.43 bits per heavy atom. The van der Waals surface area contributed by atoms with Crippen molar-refractivity contribution < 1.29 is 9.18 Å². The molecule has 0 saturated carbocycles. The number of benzene rings is 1. The molecule has 1 aromatic heterocycles. The van der Waals surface area contributed by atoms with E-state index in [4.69, 9.17) is 0 Å². The van der Waals surface area contributed by atoms with Crippen molar-refractivity contribution >= 4 is 17.4 Å². The molecule has 2 rings (SSSR count). The third-order valence-electron chi connectivity index (χ3n) is 3.54. The van der Waals surface area contributed by atoms with Crippen molar-refractivity contribution in [2.24, 2.45) is 0 Å². The molecule has 1 atom stereocenters. The molecule has 112 valence electrons. The minimum atomic E-state index is -0.248. The van der Waals surface area contributed by atoms with Gasteiger partial charge in [-0.25, -0.2) is 9.18 Å². The molecule has 1 aromatic carbocycles. The van der Waals surface area contributed by atoms with Crippen molar-refractivity contribution in [2.75, 3.05) is 7.05 Å². The number of urea groups is 1. The Balaban J connectivity index is 1.93. The van der Waals surface area contributed by atoms with Gasteiger partial charge in [0, 0.05) is 18.5 Å². The van der Waals surface area contributed by atoms with E-state index < -0.39 is 0 Å². The van der Waals surface area contributed by atoms with Crippen LogP contribution in [0.5, 0.6) is 0 Å². The SMILES string of the molecule is Cc1ccc(CNC(=O)N(C)[C@H](C)c2cccs2)cc1F. The summed E-state index contributed by atoms with van der Waals surface area (Å²) >= 11 is 1.62. The van der Waals surface area contributed by atoms with E-state index in [0.29, 0.717) is 12.1 Å². The van der Waals surface area contributed by atoms with Crippen LogP contribution in [0.3, 0.4) is 0 Å². The fourth-order valence-corrected chi connectivity index (χ4v) is 2.77. The highest BCUT2D eigenvalue weighted by Gasteiger charge is 2.17. The highest BCUT2D eigenvalue weighted by molar-refractivity contribution is 7.10. The Morgan fingerprint density at radius 3 is 2.81 bits per heavy atom. The van der Waals surface area contributed by atoms with E-state index in [1.165, 1.54) is 6.07 Å². The monoisotopic (exact) mass is 306 g/mol. The Morgan fingerprint density at radius 2 is 2.19 bits per heavy atom.